The minimum absolute atomic E-state index is 0.00336. The molecule has 0 aromatic heterocycles. The van der Waals surface area contributed by atoms with E-state index in [1.807, 2.05) is 12.1 Å². The molecule has 0 heterocycles. The lowest BCUT2D eigenvalue weighted by atomic mass is 10.0. The highest BCUT2D eigenvalue weighted by Crippen LogP contribution is 2.35. The van der Waals surface area contributed by atoms with Gasteiger partial charge in [0.25, 0.3) is 0 Å². The first kappa shape index (κ1) is 23.9. The third-order valence-electron chi connectivity index (χ3n) is 4.51. The van der Waals surface area contributed by atoms with E-state index in [0.29, 0.717) is 23.5 Å². The summed E-state index contributed by atoms with van der Waals surface area (Å²) in [7, 11) is 0. The minimum Gasteiger partial charge on any atom is -0.508 e. The van der Waals surface area contributed by atoms with Crippen molar-refractivity contribution < 1.29 is 24.9 Å². The second-order valence-electron chi connectivity index (χ2n) is 6.89. The number of hydrogen-bond donors (Lipinski definition) is 4. The van der Waals surface area contributed by atoms with Crippen LogP contribution in [0.5, 0.6) is 23.0 Å². The van der Waals surface area contributed by atoms with Gasteiger partial charge in [-0.15, -0.1) is 0 Å². The Kier molecular flexibility index (Phi) is 7.89. The van der Waals surface area contributed by atoms with Crippen LogP contribution in [0.3, 0.4) is 0 Å². The topological polar surface area (TPSA) is 113 Å². The maximum Gasteiger partial charge on any atom is 0.320 e. The largest absolute Gasteiger partial charge is 0.508 e. The van der Waals surface area contributed by atoms with E-state index in [1.165, 1.54) is 6.07 Å². The van der Waals surface area contributed by atoms with Crippen LogP contribution in [0, 0.1) is 7.14 Å². The predicted octanol–water partition coefficient (Wildman–Crippen LogP) is 5.30. The third-order valence-corrected chi connectivity index (χ3v) is 6.41. The molecule has 9 heteroatoms. The fourth-order valence-electron chi connectivity index (χ4n) is 2.93. The van der Waals surface area contributed by atoms with Gasteiger partial charge in [0.15, 0.2) is 5.75 Å². The average molecular weight is 666 g/mol. The van der Waals surface area contributed by atoms with Crippen LogP contribution in [0.15, 0.2) is 48.5 Å². The van der Waals surface area contributed by atoms with Gasteiger partial charge in [0, 0.05) is 12.0 Å². The smallest absolute Gasteiger partial charge is 0.320 e. The summed E-state index contributed by atoms with van der Waals surface area (Å²) in [4.78, 5) is 11.0. The molecule has 31 heavy (non-hydrogen) atoms. The summed E-state index contributed by atoms with van der Waals surface area (Å²) in [6.07, 6.45) is 0.628. The summed E-state index contributed by atoms with van der Waals surface area (Å²) in [5.74, 6) is 0.265. The summed E-state index contributed by atoms with van der Waals surface area (Å²) in [6, 6.07) is 12.6. The first-order valence-corrected chi connectivity index (χ1v) is 11.6. The number of benzene rings is 3. The van der Waals surface area contributed by atoms with Gasteiger partial charge in [-0.25, -0.2) is 0 Å². The van der Waals surface area contributed by atoms with E-state index < -0.39 is 12.0 Å². The molecular formula is C22H18ClI2NO5. The fourth-order valence-corrected chi connectivity index (χ4v) is 5.25. The molecule has 0 amide bonds. The van der Waals surface area contributed by atoms with Crippen molar-refractivity contribution in [1.29, 1.82) is 0 Å². The molecular weight excluding hydrogens is 648 g/mol. The number of hydrogen-bond acceptors (Lipinski definition) is 5. The van der Waals surface area contributed by atoms with Crippen molar-refractivity contribution in [2.75, 3.05) is 0 Å². The zero-order valence-corrected chi connectivity index (χ0v) is 21.1. The number of aromatic hydroxyl groups is 2. The van der Waals surface area contributed by atoms with Crippen LogP contribution in [-0.4, -0.2) is 27.3 Å². The number of ether oxygens (including phenoxy) is 1. The van der Waals surface area contributed by atoms with Gasteiger partial charge in [-0.3, -0.25) is 4.79 Å². The summed E-state index contributed by atoms with van der Waals surface area (Å²) >= 11 is 10.3. The Morgan fingerprint density at radius 1 is 1.00 bits per heavy atom. The van der Waals surface area contributed by atoms with Crippen molar-refractivity contribution >= 4 is 62.8 Å². The first-order valence-electron chi connectivity index (χ1n) is 9.07. The molecule has 0 spiro atoms. The van der Waals surface area contributed by atoms with Crippen LogP contribution in [0.1, 0.15) is 16.7 Å². The Hall–Kier alpha value is -1.76. The molecule has 1 atom stereocenters. The zero-order chi connectivity index (χ0) is 22.7. The van der Waals surface area contributed by atoms with Gasteiger partial charge >= 0.3 is 5.97 Å². The van der Waals surface area contributed by atoms with E-state index in [9.17, 15) is 15.0 Å². The van der Waals surface area contributed by atoms with Crippen molar-refractivity contribution in [3.8, 4) is 23.0 Å². The normalized spacial score (nSPS) is 11.9. The van der Waals surface area contributed by atoms with E-state index in [1.54, 1.807) is 30.3 Å². The summed E-state index contributed by atoms with van der Waals surface area (Å²) in [6.45, 7) is 0. The second-order valence-corrected chi connectivity index (χ2v) is 9.62. The molecule has 5 N–H and O–H groups in total. The third kappa shape index (κ3) is 6.15. The number of aliphatic carboxylic acids is 1. The average Bonchev–Trinajstić information content (AvgIpc) is 2.70. The molecule has 0 aliphatic heterocycles. The number of phenolic OH excluding ortho intramolecular Hbond substituents is 2. The van der Waals surface area contributed by atoms with Gasteiger partial charge in [0.05, 0.1) is 12.2 Å². The Balaban J connectivity index is 1.83. The van der Waals surface area contributed by atoms with E-state index >= 15 is 0 Å². The van der Waals surface area contributed by atoms with Crippen LogP contribution in [0.4, 0.5) is 0 Å². The number of carboxylic acid groups (broad SMARTS) is 1. The predicted molar refractivity (Wildman–Crippen MR) is 135 cm³/mol. The molecule has 3 rings (SSSR count). The molecule has 0 fully saturated rings. The fraction of sp³-hybridized carbons (Fsp3) is 0.136. The SMILES string of the molecule is NC(Cc1cc(I)c(Oc2ccc(O)c(Cc3ccc(O)c(Cl)c3)c2)c(I)c1)C(=O)O. The number of phenols is 2. The van der Waals surface area contributed by atoms with Gasteiger partial charge in [-0.1, -0.05) is 17.7 Å². The van der Waals surface area contributed by atoms with E-state index in [4.69, 9.17) is 27.2 Å². The van der Waals surface area contributed by atoms with Crippen LogP contribution in [0.2, 0.25) is 5.02 Å². The molecule has 1 unspecified atom stereocenters. The number of rotatable bonds is 7. The lowest BCUT2D eigenvalue weighted by molar-refractivity contribution is -0.138. The lowest BCUT2D eigenvalue weighted by Crippen LogP contribution is -2.32. The number of carbonyl (C=O) groups is 1. The van der Waals surface area contributed by atoms with Crippen molar-refractivity contribution in [3.05, 3.63) is 77.4 Å². The van der Waals surface area contributed by atoms with Gasteiger partial charge in [0.2, 0.25) is 0 Å². The number of nitrogens with two attached hydrogens (primary N) is 1. The minimum atomic E-state index is -1.04. The van der Waals surface area contributed by atoms with Crippen molar-refractivity contribution in [2.45, 2.75) is 18.9 Å². The van der Waals surface area contributed by atoms with E-state index in [0.717, 1.165) is 18.3 Å². The maximum absolute atomic E-state index is 11.0. The van der Waals surface area contributed by atoms with Crippen LogP contribution < -0.4 is 10.5 Å². The van der Waals surface area contributed by atoms with E-state index in [2.05, 4.69) is 45.2 Å². The second kappa shape index (κ2) is 10.2. The summed E-state index contributed by atoms with van der Waals surface area (Å²) in [5, 5.41) is 29.1. The molecule has 0 aliphatic rings. The standard InChI is InChI=1S/C22H18ClI2NO5/c23-15-6-11(1-3-20(15)28)5-13-10-14(2-4-19(13)27)31-21-16(24)7-12(8-17(21)25)9-18(26)22(29)30/h1-4,6-8,10,18,27-28H,5,9,26H2,(H,29,30). The Morgan fingerprint density at radius 3 is 2.26 bits per heavy atom. The van der Waals surface area contributed by atoms with Crippen LogP contribution in [-0.2, 0) is 17.6 Å². The van der Waals surface area contributed by atoms with Gasteiger partial charge in [0.1, 0.15) is 23.3 Å². The highest BCUT2D eigenvalue weighted by Gasteiger charge is 2.16. The van der Waals surface area contributed by atoms with Crippen LogP contribution in [0.25, 0.3) is 0 Å². The van der Waals surface area contributed by atoms with Gasteiger partial charge < -0.3 is 25.8 Å². The highest BCUT2D eigenvalue weighted by atomic mass is 127. The first-order chi connectivity index (χ1) is 14.6. The van der Waals surface area contributed by atoms with Crippen LogP contribution >= 0.6 is 56.8 Å². The Labute approximate surface area is 211 Å². The van der Waals surface area contributed by atoms with Gasteiger partial charge in [-0.2, -0.15) is 0 Å². The molecule has 0 radical (unpaired) electrons. The van der Waals surface area contributed by atoms with Crippen molar-refractivity contribution in [2.24, 2.45) is 5.73 Å². The molecule has 0 bridgehead atoms. The van der Waals surface area contributed by atoms with Crippen molar-refractivity contribution in [1.82, 2.24) is 0 Å². The quantitative estimate of drug-likeness (QED) is 0.255. The maximum atomic E-state index is 11.0. The monoisotopic (exact) mass is 665 g/mol. The lowest BCUT2D eigenvalue weighted by Gasteiger charge is -2.14. The number of halogens is 3. The Bertz CT molecular complexity index is 1120. The number of carboxylic acids is 1. The summed E-state index contributed by atoms with van der Waals surface area (Å²) < 4.78 is 7.72. The van der Waals surface area contributed by atoms with Crippen molar-refractivity contribution in [3.63, 3.8) is 0 Å². The molecule has 0 saturated carbocycles. The molecule has 162 valence electrons. The molecule has 0 aliphatic carbocycles. The Morgan fingerprint density at radius 2 is 1.65 bits per heavy atom. The highest BCUT2D eigenvalue weighted by molar-refractivity contribution is 14.1. The molecule has 3 aromatic rings. The summed E-state index contributed by atoms with van der Waals surface area (Å²) in [5.41, 5.74) is 7.93. The molecule has 0 saturated heterocycles. The zero-order valence-electron chi connectivity index (χ0n) is 16.0. The molecule has 6 nitrogen and oxygen atoms in total. The van der Waals surface area contributed by atoms with E-state index in [-0.39, 0.29) is 22.9 Å². The molecule has 3 aromatic carbocycles. The van der Waals surface area contributed by atoms with Gasteiger partial charge in [-0.05, 0) is 105 Å².